The molecular weight excluding hydrogens is 430 g/mol. The first-order valence-electron chi connectivity index (χ1n) is 9.87. The summed E-state index contributed by atoms with van der Waals surface area (Å²) < 4.78 is 12.3. The highest BCUT2D eigenvalue weighted by molar-refractivity contribution is 7.99. The summed E-state index contributed by atoms with van der Waals surface area (Å²) in [5.41, 5.74) is 1.90. The Bertz CT molecular complexity index is 1350. The summed E-state index contributed by atoms with van der Waals surface area (Å²) in [7, 11) is 1.76. The first-order chi connectivity index (χ1) is 15.6. The van der Waals surface area contributed by atoms with Crippen molar-refractivity contribution in [2.24, 2.45) is 0 Å². The van der Waals surface area contributed by atoms with E-state index in [4.69, 9.17) is 9.47 Å². The van der Waals surface area contributed by atoms with Crippen LogP contribution in [0.4, 0.5) is 0 Å². The van der Waals surface area contributed by atoms with Crippen LogP contribution in [0.1, 0.15) is 5.56 Å². The minimum Gasteiger partial charge on any atom is -0.454 e. The SMILES string of the molecule is CN(Cc1ccccc1)C(=O)CSc1nc(-c2ccc3c(c2)OCO3)nc2cc(=O)[nH]n12. The van der Waals surface area contributed by atoms with Gasteiger partial charge in [-0.2, -0.15) is 0 Å². The molecule has 32 heavy (non-hydrogen) atoms. The van der Waals surface area contributed by atoms with Crippen LogP contribution in [0.3, 0.4) is 0 Å². The monoisotopic (exact) mass is 449 g/mol. The zero-order valence-corrected chi connectivity index (χ0v) is 18.0. The van der Waals surface area contributed by atoms with Crippen LogP contribution in [0.2, 0.25) is 0 Å². The molecule has 0 saturated carbocycles. The van der Waals surface area contributed by atoms with Crippen molar-refractivity contribution >= 4 is 23.3 Å². The fourth-order valence-corrected chi connectivity index (χ4v) is 4.22. The Hall–Kier alpha value is -3.79. The molecule has 3 heterocycles. The van der Waals surface area contributed by atoms with Crippen LogP contribution in [0.25, 0.3) is 17.0 Å². The second-order valence-electron chi connectivity index (χ2n) is 7.24. The van der Waals surface area contributed by atoms with E-state index >= 15 is 0 Å². The molecule has 1 aliphatic heterocycles. The minimum atomic E-state index is -0.295. The summed E-state index contributed by atoms with van der Waals surface area (Å²) in [6, 6.07) is 16.6. The van der Waals surface area contributed by atoms with Crippen LogP contribution in [0.5, 0.6) is 11.5 Å². The molecule has 0 unspecified atom stereocenters. The standard InChI is InChI=1S/C22H19N5O4S/c1-26(11-14-5-3-2-4-6-14)20(29)12-32-22-24-21(23-18-10-19(28)25-27(18)22)15-7-8-16-17(9-15)31-13-30-16/h2-10H,11-13H2,1H3,(H,25,28). The zero-order valence-electron chi connectivity index (χ0n) is 17.1. The summed E-state index contributed by atoms with van der Waals surface area (Å²) in [6.45, 7) is 0.688. The fraction of sp³-hybridized carbons (Fsp3) is 0.182. The number of aromatic nitrogens is 4. The van der Waals surface area contributed by atoms with E-state index < -0.39 is 0 Å². The number of hydrogen-bond acceptors (Lipinski definition) is 7. The topological polar surface area (TPSA) is 102 Å². The summed E-state index contributed by atoms with van der Waals surface area (Å²) in [5.74, 6) is 1.81. The third kappa shape index (κ3) is 4.04. The highest BCUT2D eigenvalue weighted by atomic mass is 32.2. The number of fused-ring (bicyclic) bond motifs is 2. The van der Waals surface area contributed by atoms with Gasteiger partial charge in [0.25, 0.3) is 5.56 Å². The van der Waals surface area contributed by atoms with Crippen molar-refractivity contribution in [3.05, 3.63) is 70.5 Å². The first-order valence-corrected chi connectivity index (χ1v) is 10.9. The van der Waals surface area contributed by atoms with Gasteiger partial charge in [-0.3, -0.25) is 14.7 Å². The lowest BCUT2D eigenvalue weighted by molar-refractivity contribution is -0.127. The summed E-state index contributed by atoms with van der Waals surface area (Å²) >= 11 is 1.24. The van der Waals surface area contributed by atoms with Gasteiger partial charge in [0.05, 0.1) is 5.75 Å². The van der Waals surface area contributed by atoms with E-state index in [2.05, 4.69) is 15.1 Å². The van der Waals surface area contributed by atoms with Crippen molar-refractivity contribution in [1.82, 2.24) is 24.5 Å². The third-order valence-corrected chi connectivity index (χ3v) is 5.89. The molecule has 2 aromatic heterocycles. The molecule has 1 N–H and O–H groups in total. The van der Waals surface area contributed by atoms with Crippen LogP contribution in [-0.4, -0.2) is 50.0 Å². The molecule has 0 spiro atoms. The molecule has 162 valence electrons. The highest BCUT2D eigenvalue weighted by Gasteiger charge is 2.18. The van der Waals surface area contributed by atoms with Crippen LogP contribution in [0.15, 0.2) is 64.5 Å². The third-order valence-electron chi connectivity index (χ3n) is 4.97. The predicted octanol–water partition coefficient (Wildman–Crippen LogP) is 2.56. The summed E-state index contributed by atoms with van der Waals surface area (Å²) in [5, 5.41) is 3.15. The van der Waals surface area contributed by atoms with Crippen molar-refractivity contribution < 1.29 is 14.3 Å². The Morgan fingerprint density at radius 2 is 1.94 bits per heavy atom. The summed E-state index contributed by atoms with van der Waals surface area (Å²) in [4.78, 5) is 35.4. The van der Waals surface area contributed by atoms with Gasteiger partial charge in [0.1, 0.15) is 0 Å². The largest absolute Gasteiger partial charge is 0.454 e. The maximum absolute atomic E-state index is 12.7. The van der Waals surface area contributed by atoms with E-state index in [9.17, 15) is 9.59 Å². The van der Waals surface area contributed by atoms with Gasteiger partial charge in [0.2, 0.25) is 12.7 Å². The van der Waals surface area contributed by atoms with Gasteiger partial charge in [0, 0.05) is 25.2 Å². The van der Waals surface area contributed by atoms with Crippen LogP contribution in [-0.2, 0) is 11.3 Å². The number of nitrogens with one attached hydrogen (secondary N) is 1. The van der Waals surface area contributed by atoms with E-state index in [1.54, 1.807) is 24.1 Å². The van der Waals surface area contributed by atoms with Crippen molar-refractivity contribution in [1.29, 1.82) is 0 Å². The number of hydrogen-bond donors (Lipinski definition) is 1. The molecule has 4 aromatic rings. The molecule has 2 aromatic carbocycles. The Balaban J connectivity index is 1.39. The molecule has 0 bridgehead atoms. The number of aromatic amines is 1. The number of rotatable bonds is 6. The van der Waals surface area contributed by atoms with Crippen LogP contribution in [0, 0.1) is 0 Å². The van der Waals surface area contributed by atoms with Gasteiger partial charge < -0.3 is 14.4 Å². The number of H-pyrrole nitrogens is 1. The number of nitrogens with zero attached hydrogens (tertiary/aromatic N) is 4. The highest BCUT2D eigenvalue weighted by Crippen LogP contribution is 2.35. The Labute approximate surface area is 187 Å². The molecule has 5 rings (SSSR count). The molecule has 10 heteroatoms. The maximum Gasteiger partial charge on any atom is 0.266 e. The molecule has 1 amide bonds. The van der Waals surface area contributed by atoms with Crippen LogP contribution < -0.4 is 15.0 Å². The minimum absolute atomic E-state index is 0.0512. The number of amides is 1. The van der Waals surface area contributed by atoms with E-state index in [0.29, 0.717) is 34.7 Å². The Morgan fingerprint density at radius 3 is 2.78 bits per heavy atom. The van der Waals surface area contributed by atoms with Crippen LogP contribution >= 0.6 is 11.8 Å². The van der Waals surface area contributed by atoms with Gasteiger partial charge in [-0.25, -0.2) is 14.5 Å². The molecule has 1 aliphatic rings. The molecule has 0 atom stereocenters. The van der Waals surface area contributed by atoms with Crippen molar-refractivity contribution in [3.63, 3.8) is 0 Å². The molecule has 9 nitrogen and oxygen atoms in total. The quantitative estimate of drug-likeness (QED) is 0.452. The zero-order chi connectivity index (χ0) is 22.1. The predicted molar refractivity (Wildman–Crippen MR) is 119 cm³/mol. The second kappa shape index (κ2) is 8.39. The number of thioether (sulfide) groups is 1. The van der Waals surface area contributed by atoms with Gasteiger partial charge in [-0.05, 0) is 23.8 Å². The van der Waals surface area contributed by atoms with E-state index in [0.717, 1.165) is 11.1 Å². The second-order valence-corrected chi connectivity index (χ2v) is 8.18. The van der Waals surface area contributed by atoms with Gasteiger partial charge >= 0.3 is 0 Å². The normalized spacial score (nSPS) is 12.3. The van der Waals surface area contributed by atoms with Crippen molar-refractivity contribution in [3.8, 4) is 22.9 Å². The van der Waals surface area contributed by atoms with E-state index in [1.165, 1.54) is 22.3 Å². The molecule has 0 saturated heterocycles. The van der Waals surface area contributed by atoms with E-state index in [1.807, 2.05) is 36.4 Å². The summed E-state index contributed by atoms with van der Waals surface area (Å²) in [6.07, 6.45) is 0. The number of benzene rings is 2. The Kier molecular flexibility index (Phi) is 5.28. The Morgan fingerprint density at radius 1 is 1.12 bits per heavy atom. The average Bonchev–Trinajstić information content (AvgIpc) is 3.42. The molecular formula is C22H19N5O4S. The fourth-order valence-electron chi connectivity index (χ4n) is 3.33. The number of ether oxygens (including phenoxy) is 2. The lowest BCUT2D eigenvalue weighted by Crippen LogP contribution is -2.28. The molecule has 0 aliphatic carbocycles. The maximum atomic E-state index is 12.7. The lowest BCUT2D eigenvalue weighted by Gasteiger charge is -2.17. The molecule has 0 radical (unpaired) electrons. The van der Waals surface area contributed by atoms with Gasteiger partial charge in [-0.1, -0.05) is 42.1 Å². The number of carbonyl (C=O) groups excluding carboxylic acids is 1. The molecule has 0 fully saturated rings. The average molecular weight is 449 g/mol. The lowest BCUT2D eigenvalue weighted by atomic mass is 10.2. The first kappa shape index (κ1) is 20.1. The van der Waals surface area contributed by atoms with E-state index in [-0.39, 0.29) is 24.0 Å². The van der Waals surface area contributed by atoms with Crippen molar-refractivity contribution in [2.45, 2.75) is 11.7 Å². The van der Waals surface area contributed by atoms with Gasteiger partial charge in [0.15, 0.2) is 28.1 Å². The number of carbonyl (C=O) groups is 1. The smallest absolute Gasteiger partial charge is 0.266 e. The van der Waals surface area contributed by atoms with Gasteiger partial charge in [-0.15, -0.1) is 0 Å². The van der Waals surface area contributed by atoms with Crippen molar-refractivity contribution in [2.75, 3.05) is 19.6 Å².